The Balaban J connectivity index is 4.41. The number of rotatable bonds is 47. The molecule has 366 valence electrons. The van der Waals surface area contributed by atoms with Crippen molar-refractivity contribution in [2.45, 2.75) is 252 Å². The zero-order valence-corrected chi connectivity index (χ0v) is 41.8. The minimum atomic E-state index is -0.796. The lowest BCUT2D eigenvalue weighted by Gasteiger charge is -2.18. The highest BCUT2D eigenvalue weighted by molar-refractivity contribution is 5.71. The summed E-state index contributed by atoms with van der Waals surface area (Å²) in [6.07, 6.45) is 67.1. The van der Waals surface area contributed by atoms with Gasteiger partial charge in [0.05, 0.1) is 0 Å². The van der Waals surface area contributed by atoms with E-state index in [1.54, 1.807) is 0 Å². The van der Waals surface area contributed by atoms with Crippen molar-refractivity contribution >= 4 is 17.9 Å². The van der Waals surface area contributed by atoms with Crippen LogP contribution in [0.2, 0.25) is 0 Å². The Morgan fingerprint density at radius 2 is 0.656 bits per heavy atom. The molecule has 0 aromatic heterocycles. The van der Waals surface area contributed by atoms with Crippen LogP contribution in [-0.4, -0.2) is 37.2 Å². The first-order valence-electron chi connectivity index (χ1n) is 26.6. The van der Waals surface area contributed by atoms with E-state index in [0.717, 1.165) is 116 Å². The quantitative estimate of drug-likeness (QED) is 0.0199. The third-order valence-corrected chi connectivity index (χ3v) is 11.2. The van der Waals surface area contributed by atoms with Gasteiger partial charge in [0.1, 0.15) is 13.2 Å². The second-order valence-electron chi connectivity index (χ2n) is 17.4. The van der Waals surface area contributed by atoms with E-state index in [2.05, 4.69) is 106 Å². The normalized spacial score (nSPS) is 12.7. The van der Waals surface area contributed by atoms with Crippen molar-refractivity contribution in [1.29, 1.82) is 0 Å². The predicted octanol–water partition coefficient (Wildman–Crippen LogP) is 17.6. The van der Waals surface area contributed by atoms with Gasteiger partial charge in [0.25, 0.3) is 0 Å². The summed E-state index contributed by atoms with van der Waals surface area (Å²) < 4.78 is 16.7. The Bertz CT molecular complexity index is 1250. The zero-order valence-electron chi connectivity index (χ0n) is 41.8. The van der Waals surface area contributed by atoms with E-state index >= 15 is 0 Å². The van der Waals surface area contributed by atoms with Crippen LogP contribution in [0.4, 0.5) is 0 Å². The fourth-order valence-electron chi connectivity index (χ4n) is 7.16. The topological polar surface area (TPSA) is 78.9 Å². The highest BCUT2D eigenvalue weighted by Gasteiger charge is 2.19. The van der Waals surface area contributed by atoms with Crippen molar-refractivity contribution in [3.8, 4) is 0 Å². The summed E-state index contributed by atoms with van der Waals surface area (Å²) in [5, 5.41) is 0. The van der Waals surface area contributed by atoms with E-state index in [9.17, 15) is 14.4 Å². The van der Waals surface area contributed by atoms with Crippen LogP contribution < -0.4 is 0 Å². The van der Waals surface area contributed by atoms with Gasteiger partial charge < -0.3 is 14.2 Å². The SMILES string of the molecule is CC/C=C\C/C=C\C/C=C\C/C=C\C/C=C\CCCCCC(=O)OCC(COC(=O)CCCCCCCCCCC)OC(=O)CCCCCCC/C=C\C=C/CCCCCCCCC. The molecule has 0 aromatic rings. The van der Waals surface area contributed by atoms with Crippen LogP contribution in [0.1, 0.15) is 245 Å². The number of hydrogen-bond acceptors (Lipinski definition) is 6. The number of unbranched alkanes of at least 4 members (excludes halogenated alkanes) is 23. The summed E-state index contributed by atoms with van der Waals surface area (Å²) in [5.74, 6) is -0.944. The third-order valence-electron chi connectivity index (χ3n) is 11.2. The molecule has 0 heterocycles. The summed E-state index contributed by atoms with van der Waals surface area (Å²) in [7, 11) is 0. The number of carbonyl (C=O) groups excluding carboxylic acids is 3. The molecule has 0 spiro atoms. The molecule has 0 aromatic carbocycles. The molecule has 0 N–H and O–H groups in total. The summed E-state index contributed by atoms with van der Waals surface area (Å²) in [6.45, 7) is 6.46. The maximum absolute atomic E-state index is 12.8. The number of ether oxygens (including phenoxy) is 3. The second-order valence-corrected chi connectivity index (χ2v) is 17.4. The van der Waals surface area contributed by atoms with E-state index in [-0.39, 0.29) is 31.1 Å². The van der Waals surface area contributed by atoms with Crippen molar-refractivity contribution < 1.29 is 28.6 Å². The highest BCUT2D eigenvalue weighted by Crippen LogP contribution is 2.14. The van der Waals surface area contributed by atoms with Gasteiger partial charge in [-0.05, 0) is 89.9 Å². The number of carbonyl (C=O) groups is 3. The van der Waals surface area contributed by atoms with Crippen LogP contribution in [0.5, 0.6) is 0 Å². The highest BCUT2D eigenvalue weighted by atomic mass is 16.6. The molecular formula is C58H98O6. The first kappa shape index (κ1) is 60.6. The molecule has 0 aliphatic carbocycles. The summed E-state index contributed by atoms with van der Waals surface area (Å²) in [6, 6.07) is 0. The van der Waals surface area contributed by atoms with E-state index in [0.29, 0.717) is 19.3 Å². The fraction of sp³-hybridized carbons (Fsp3) is 0.707. The molecule has 0 rings (SSSR count). The molecule has 0 aliphatic heterocycles. The molecule has 6 heteroatoms. The lowest BCUT2D eigenvalue weighted by Crippen LogP contribution is -2.30. The molecule has 1 atom stereocenters. The standard InChI is InChI=1S/C58H98O6/c1-4-7-10-13-16-19-21-23-25-27-29-31-32-34-36-39-42-45-48-51-57(60)63-54-55(53-62-56(59)50-47-44-41-38-18-15-12-9-6-3)64-58(61)52-49-46-43-40-37-35-33-30-28-26-24-22-20-17-14-11-8-5-2/h7,10,16,19,23,25-26,28-31,33-34,36,55H,4-6,8-9,11-15,17-18,20-22,24,27,32,35,37-54H2,1-3H3/b10-7-,19-16-,25-23-,28-26-,31-29-,33-30-,36-34-. The molecule has 64 heavy (non-hydrogen) atoms. The molecule has 0 bridgehead atoms. The van der Waals surface area contributed by atoms with Crippen LogP contribution >= 0.6 is 0 Å². The Labute approximate surface area is 395 Å². The first-order chi connectivity index (χ1) is 31.5. The van der Waals surface area contributed by atoms with Gasteiger partial charge in [0, 0.05) is 19.3 Å². The lowest BCUT2D eigenvalue weighted by molar-refractivity contribution is -0.167. The van der Waals surface area contributed by atoms with Crippen molar-refractivity contribution in [1.82, 2.24) is 0 Å². The van der Waals surface area contributed by atoms with Gasteiger partial charge in [-0.15, -0.1) is 0 Å². The predicted molar refractivity (Wildman–Crippen MR) is 274 cm³/mol. The van der Waals surface area contributed by atoms with Crippen molar-refractivity contribution in [3.05, 3.63) is 85.1 Å². The van der Waals surface area contributed by atoms with Gasteiger partial charge in [0.15, 0.2) is 6.10 Å². The van der Waals surface area contributed by atoms with Gasteiger partial charge in [-0.3, -0.25) is 14.4 Å². The van der Waals surface area contributed by atoms with Crippen LogP contribution in [0.25, 0.3) is 0 Å². The van der Waals surface area contributed by atoms with Crippen molar-refractivity contribution in [2.75, 3.05) is 13.2 Å². The largest absolute Gasteiger partial charge is 0.462 e. The number of hydrogen-bond donors (Lipinski definition) is 0. The van der Waals surface area contributed by atoms with Gasteiger partial charge in [-0.25, -0.2) is 0 Å². The van der Waals surface area contributed by atoms with Crippen molar-refractivity contribution in [3.63, 3.8) is 0 Å². The molecule has 0 radical (unpaired) electrons. The third kappa shape index (κ3) is 49.6. The monoisotopic (exact) mass is 891 g/mol. The summed E-state index contributed by atoms with van der Waals surface area (Å²) >= 11 is 0. The molecule has 0 fully saturated rings. The number of esters is 3. The number of allylic oxidation sites excluding steroid dienone is 14. The molecule has 0 saturated carbocycles. The van der Waals surface area contributed by atoms with Crippen LogP contribution in [0.3, 0.4) is 0 Å². The van der Waals surface area contributed by atoms with Gasteiger partial charge >= 0.3 is 17.9 Å². The van der Waals surface area contributed by atoms with Crippen LogP contribution in [0.15, 0.2) is 85.1 Å². The van der Waals surface area contributed by atoms with E-state index in [1.807, 2.05) is 0 Å². The smallest absolute Gasteiger partial charge is 0.306 e. The molecule has 0 saturated heterocycles. The second kappa shape index (κ2) is 52.2. The Hall–Kier alpha value is -3.41. The average molecular weight is 891 g/mol. The van der Waals surface area contributed by atoms with E-state index in [4.69, 9.17) is 14.2 Å². The lowest BCUT2D eigenvalue weighted by atomic mass is 10.1. The minimum absolute atomic E-state index is 0.0929. The van der Waals surface area contributed by atoms with Gasteiger partial charge in [-0.1, -0.05) is 221 Å². The zero-order chi connectivity index (χ0) is 46.5. The summed E-state index contributed by atoms with van der Waals surface area (Å²) in [5.41, 5.74) is 0. The van der Waals surface area contributed by atoms with Crippen LogP contribution in [-0.2, 0) is 28.6 Å². The maximum Gasteiger partial charge on any atom is 0.306 e. The Kier molecular flexibility index (Phi) is 49.4. The minimum Gasteiger partial charge on any atom is -0.462 e. The van der Waals surface area contributed by atoms with Gasteiger partial charge in [-0.2, -0.15) is 0 Å². The Morgan fingerprint density at radius 1 is 0.344 bits per heavy atom. The average Bonchev–Trinajstić information content (AvgIpc) is 3.29. The van der Waals surface area contributed by atoms with E-state index in [1.165, 1.54) is 89.9 Å². The molecule has 0 aliphatic rings. The first-order valence-corrected chi connectivity index (χ1v) is 26.6. The Morgan fingerprint density at radius 3 is 1.06 bits per heavy atom. The molecule has 0 amide bonds. The fourth-order valence-corrected chi connectivity index (χ4v) is 7.16. The molecular weight excluding hydrogens is 793 g/mol. The molecule has 6 nitrogen and oxygen atoms in total. The van der Waals surface area contributed by atoms with Gasteiger partial charge in [0.2, 0.25) is 0 Å². The maximum atomic E-state index is 12.8. The molecule has 1 unspecified atom stereocenters. The van der Waals surface area contributed by atoms with Crippen molar-refractivity contribution in [2.24, 2.45) is 0 Å². The van der Waals surface area contributed by atoms with E-state index < -0.39 is 6.10 Å². The summed E-state index contributed by atoms with van der Waals surface area (Å²) in [4.78, 5) is 37.9. The van der Waals surface area contributed by atoms with Crippen LogP contribution in [0, 0.1) is 0 Å².